The van der Waals surface area contributed by atoms with Gasteiger partial charge < -0.3 is 0 Å². The van der Waals surface area contributed by atoms with Crippen LogP contribution in [0, 0.1) is 11.8 Å². The second-order valence-electron chi connectivity index (χ2n) is 10.5. The molecule has 1 fully saturated rings. The maximum atomic E-state index is 14.3. The normalized spacial score (nSPS) is 24.1. The van der Waals surface area contributed by atoms with Crippen molar-refractivity contribution in [2.75, 3.05) is 0 Å². The molecule has 1 aliphatic heterocycles. The molecule has 4 aromatic carbocycles. The fourth-order valence-electron chi connectivity index (χ4n) is 6.89. The van der Waals surface area contributed by atoms with Crippen molar-refractivity contribution in [3.63, 3.8) is 0 Å². The van der Waals surface area contributed by atoms with Crippen LogP contribution in [0.2, 0.25) is 0 Å². The summed E-state index contributed by atoms with van der Waals surface area (Å²) >= 11 is 3.39. The molecule has 0 saturated carbocycles. The predicted molar refractivity (Wildman–Crippen MR) is 155 cm³/mol. The average molecular weight is 590 g/mol. The smallest absolute Gasteiger partial charge is 0.271 e. The Bertz CT molecular complexity index is 1650. The number of rotatable bonds is 5. The summed E-state index contributed by atoms with van der Waals surface area (Å²) in [6.45, 7) is 0.221. The van der Waals surface area contributed by atoms with E-state index in [1.165, 1.54) is 4.90 Å². The topological polar surface area (TPSA) is 78.8 Å². The number of carbonyl (C=O) groups excluding carboxylic acids is 3. The molecule has 2 bridgehead atoms. The zero-order valence-corrected chi connectivity index (χ0v) is 22.9. The van der Waals surface area contributed by atoms with Crippen LogP contribution in [-0.4, -0.2) is 28.8 Å². The van der Waals surface area contributed by atoms with Gasteiger partial charge in [0.2, 0.25) is 11.8 Å². The molecule has 4 aliphatic rings. The lowest BCUT2D eigenvalue weighted by Crippen LogP contribution is -2.54. The van der Waals surface area contributed by atoms with Crippen LogP contribution in [0.1, 0.15) is 44.1 Å². The van der Waals surface area contributed by atoms with E-state index < -0.39 is 17.3 Å². The molecule has 6 nitrogen and oxygen atoms in total. The van der Waals surface area contributed by atoms with Crippen LogP contribution in [0.3, 0.4) is 0 Å². The number of benzene rings is 4. The standard InChI is InChI=1S/C33H24BrN3O3/c34-22-16-14-21(15-17-22)30(38)36-35-19-33-25-12-6-4-10-23(25)27(24-11-5-7-13-26(24)33)28-29(33)32(40)37(31(28)39)18-20-8-2-1-3-9-20/h1-17,19,27-29H,18H2,(H,36,38)/b35-19+/t27?,28-,29+,33?/m1/s1. The molecule has 7 heteroatoms. The molecule has 8 rings (SSSR count). The van der Waals surface area contributed by atoms with E-state index in [1.807, 2.05) is 78.9 Å². The first-order chi connectivity index (χ1) is 19.5. The molecule has 0 spiro atoms. The zero-order valence-electron chi connectivity index (χ0n) is 21.3. The Morgan fingerprint density at radius 1 is 0.825 bits per heavy atom. The highest BCUT2D eigenvalue weighted by Crippen LogP contribution is 2.63. The summed E-state index contributed by atoms with van der Waals surface area (Å²) in [5.41, 5.74) is 6.96. The molecule has 40 heavy (non-hydrogen) atoms. The molecule has 0 aromatic heterocycles. The largest absolute Gasteiger partial charge is 0.278 e. The minimum absolute atomic E-state index is 0.162. The third-order valence-corrected chi connectivity index (χ3v) is 9.03. The van der Waals surface area contributed by atoms with Gasteiger partial charge in [-0.2, -0.15) is 5.10 Å². The van der Waals surface area contributed by atoms with Crippen LogP contribution in [0.4, 0.5) is 0 Å². The summed E-state index contributed by atoms with van der Waals surface area (Å²) in [6.07, 6.45) is 1.69. The van der Waals surface area contributed by atoms with Gasteiger partial charge in [0.25, 0.3) is 5.91 Å². The van der Waals surface area contributed by atoms with Gasteiger partial charge in [0.1, 0.15) is 0 Å². The first kappa shape index (κ1) is 24.7. The second-order valence-corrected chi connectivity index (χ2v) is 11.4. The Balaban J connectivity index is 1.36. The van der Waals surface area contributed by atoms with Crippen LogP contribution in [-0.2, 0) is 21.5 Å². The van der Waals surface area contributed by atoms with Crippen LogP contribution < -0.4 is 5.43 Å². The van der Waals surface area contributed by atoms with Crippen molar-refractivity contribution in [2.24, 2.45) is 16.9 Å². The SMILES string of the molecule is O=C(N/N=C/C12c3ccccc3C(c3ccccc31)[C@H]1C(=O)N(Cc3ccccc3)C(=O)[C@H]12)c1ccc(Br)cc1. The Morgan fingerprint density at radius 3 is 2.08 bits per heavy atom. The van der Waals surface area contributed by atoms with Crippen LogP contribution in [0.15, 0.2) is 113 Å². The van der Waals surface area contributed by atoms with Crippen molar-refractivity contribution >= 4 is 39.9 Å². The molecule has 3 amide bonds. The molecule has 1 heterocycles. The Morgan fingerprint density at radius 2 is 1.43 bits per heavy atom. The lowest BCUT2D eigenvalue weighted by atomic mass is 9.47. The fraction of sp³-hybridized carbons (Fsp3) is 0.152. The number of nitrogens with one attached hydrogen (secondary N) is 1. The highest BCUT2D eigenvalue weighted by Gasteiger charge is 2.67. The van der Waals surface area contributed by atoms with Crippen molar-refractivity contribution < 1.29 is 14.4 Å². The summed E-state index contributed by atoms with van der Waals surface area (Å²) in [5, 5.41) is 4.47. The van der Waals surface area contributed by atoms with Gasteiger partial charge in [0, 0.05) is 22.2 Å². The van der Waals surface area contributed by atoms with Gasteiger partial charge in [0.15, 0.2) is 0 Å². The van der Waals surface area contributed by atoms with Gasteiger partial charge in [0.05, 0.1) is 23.8 Å². The van der Waals surface area contributed by atoms with Crippen LogP contribution in [0.5, 0.6) is 0 Å². The van der Waals surface area contributed by atoms with E-state index in [-0.39, 0.29) is 30.2 Å². The lowest BCUT2D eigenvalue weighted by Gasteiger charge is -2.52. The number of nitrogens with zero attached hydrogens (tertiary/aromatic N) is 2. The molecule has 2 atom stereocenters. The fourth-order valence-corrected chi connectivity index (χ4v) is 7.15. The Labute approximate surface area is 239 Å². The van der Waals surface area contributed by atoms with Crippen molar-refractivity contribution in [1.82, 2.24) is 10.3 Å². The highest BCUT2D eigenvalue weighted by atomic mass is 79.9. The van der Waals surface area contributed by atoms with Crippen molar-refractivity contribution in [1.29, 1.82) is 0 Å². The average Bonchev–Trinajstić information content (AvgIpc) is 3.24. The van der Waals surface area contributed by atoms with E-state index in [4.69, 9.17) is 0 Å². The van der Waals surface area contributed by atoms with E-state index in [0.717, 1.165) is 32.3 Å². The van der Waals surface area contributed by atoms with E-state index in [2.05, 4.69) is 26.5 Å². The molecular formula is C33H24BrN3O3. The van der Waals surface area contributed by atoms with Gasteiger partial charge in [-0.25, -0.2) is 5.43 Å². The summed E-state index contributed by atoms with van der Waals surface area (Å²) < 4.78 is 0.870. The first-order valence-electron chi connectivity index (χ1n) is 13.2. The van der Waals surface area contributed by atoms with E-state index in [0.29, 0.717) is 5.56 Å². The molecular weight excluding hydrogens is 566 g/mol. The number of halogens is 1. The number of likely N-dealkylation sites (tertiary alicyclic amines) is 1. The van der Waals surface area contributed by atoms with Crippen molar-refractivity contribution in [2.45, 2.75) is 17.9 Å². The van der Waals surface area contributed by atoms with Gasteiger partial charge in [-0.05, 0) is 52.1 Å². The molecule has 1 N–H and O–H groups in total. The maximum Gasteiger partial charge on any atom is 0.271 e. The quantitative estimate of drug-likeness (QED) is 0.192. The Kier molecular flexibility index (Phi) is 5.78. The molecule has 4 aromatic rings. The van der Waals surface area contributed by atoms with Gasteiger partial charge in [-0.15, -0.1) is 0 Å². The predicted octanol–water partition coefficient (Wildman–Crippen LogP) is 5.41. The van der Waals surface area contributed by atoms with Crippen molar-refractivity contribution in [3.8, 4) is 0 Å². The van der Waals surface area contributed by atoms with Gasteiger partial charge >= 0.3 is 0 Å². The molecule has 1 saturated heterocycles. The highest BCUT2D eigenvalue weighted by molar-refractivity contribution is 9.10. The van der Waals surface area contributed by atoms with Crippen molar-refractivity contribution in [3.05, 3.63) is 141 Å². The molecule has 0 unspecified atom stereocenters. The van der Waals surface area contributed by atoms with Gasteiger partial charge in [-0.1, -0.05) is 94.8 Å². The van der Waals surface area contributed by atoms with E-state index in [9.17, 15) is 14.4 Å². The summed E-state index contributed by atoms with van der Waals surface area (Å²) in [6, 6.07) is 32.6. The number of carbonyl (C=O) groups is 3. The summed E-state index contributed by atoms with van der Waals surface area (Å²) in [4.78, 5) is 42.7. The van der Waals surface area contributed by atoms with E-state index in [1.54, 1.807) is 30.5 Å². The third kappa shape index (κ3) is 3.54. The zero-order chi connectivity index (χ0) is 27.4. The molecule has 3 aliphatic carbocycles. The molecule has 196 valence electrons. The lowest BCUT2D eigenvalue weighted by molar-refractivity contribution is -0.140. The third-order valence-electron chi connectivity index (χ3n) is 8.50. The minimum Gasteiger partial charge on any atom is -0.278 e. The summed E-state index contributed by atoms with van der Waals surface area (Å²) in [7, 11) is 0. The van der Waals surface area contributed by atoms with Crippen LogP contribution >= 0.6 is 15.9 Å². The molecule has 0 radical (unpaired) electrons. The second kappa shape index (κ2) is 9.38. The number of hydrogen-bond donors (Lipinski definition) is 1. The minimum atomic E-state index is -1.02. The number of hydrazone groups is 1. The number of amides is 3. The van der Waals surface area contributed by atoms with Gasteiger partial charge in [-0.3, -0.25) is 19.3 Å². The Hall–Kier alpha value is -4.36. The number of hydrogen-bond acceptors (Lipinski definition) is 4. The first-order valence-corrected chi connectivity index (χ1v) is 14.0. The van der Waals surface area contributed by atoms with E-state index >= 15 is 0 Å². The summed E-state index contributed by atoms with van der Waals surface area (Å²) in [5.74, 6) is -2.20. The monoisotopic (exact) mass is 589 g/mol. The number of imide groups is 1. The van der Waals surface area contributed by atoms with Crippen LogP contribution in [0.25, 0.3) is 0 Å². The maximum absolute atomic E-state index is 14.3.